The van der Waals surface area contributed by atoms with Crippen molar-refractivity contribution in [3.05, 3.63) is 50.4 Å². The van der Waals surface area contributed by atoms with Crippen molar-refractivity contribution in [3.63, 3.8) is 0 Å². The zero-order valence-electron chi connectivity index (χ0n) is 18.4. The molecule has 1 N–H and O–H groups in total. The Balaban J connectivity index is 1.42. The SMILES string of the molecule is N#Cc1ccc(S(=O)(=O)N2CCC(n3ncc(NC[C@H]4CCCOC4)c(Cl)c3=O)CC2)c(Cl)c1. The first-order valence-corrected chi connectivity index (χ1v) is 13.3. The molecule has 1 aromatic carbocycles. The van der Waals surface area contributed by atoms with E-state index >= 15 is 0 Å². The fourth-order valence-electron chi connectivity index (χ4n) is 4.30. The molecule has 1 atom stereocenters. The van der Waals surface area contributed by atoms with Gasteiger partial charge in [-0.05, 0) is 49.8 Å². The smallest absolute Gasteiger partial charge is 0.287 e. The first kappa shape index (κ1) is 24.9. The quantitative estimate of drug-likeness (QED) is 0.614. The number of ether oxygens (including phenoxy) is 1. The van der Waals surface area contributed by atoms with E-state index in [1.54, 1.807) is 6.20 Å². The number of aromatic nitrogens is 2. The predicted molar refractivity (Wildman–Crippen MR) is 129 cm³/mol. The molecule has 0 saturated carbocycles. The minimum atomic E-state index is -3.83. The Labute approximate surface area is 208 Å². The van der Waals surface area contributed by atoms with E-state index in [4.69, 9.17) is 33.2 Å². The van der Waals surface area contributed by atoms with E-state index in [0.29, 0.717) is 37.6 Å². The van der Waals surface area contributed by atoms with E-state index in [1.165, 1.54) is 27.2 Å². The molecule has 2 aliphatic heterocycles. The summed E-state index contributed by atoms with van der Waals surface area (Å²) in [6, 6.07) is 5.77. The van der Waals surface area contributed by atoms with Crippen LogP contribution in [0.1, 0.15) is 37.3 Å². The lowest BCUT2D eigenvalue weighted by molar-refractivity contribution is 0.0595. The van der Waals surface area contributed by atoms with Crippen LogP contribution < -0.4 is 10.9 Å². The van der Waals surface area contributed by atoms with Crippen LogP contribution in [0, 0.1) is 17.2 Å². The number of piperidine rings is 1. The zero-order chi connectivity index (χ0) is 24.3. The second-order valence-electron chi connectivity index (χ2n) is 8.48. The van der Waals surface area contributed by atoms with Crippen LogP contribution in [0.3, 0.4) is 0 Å². The van der Waals surface area contributed by atoms with Crippen molar-refractivity contribution in [3.8, 4) is 6.07 Å². The Morgan fingerprint density at radius 1 is 1.24 bits per heavy atom. The fourth-order valence-corrected chi connectivity index (χ4v) is 6.49. The summed E-state index contributed by atoms with van der Waals surface area (Å²) >= 11 is 12.5. The molecule has 2 saturated heterocycles. The maximum absolute atomic E-state index is 13.1. The maximum Gasteiger partial charge on any atom is 0.287 e. The number of hydrogen-bond acceptors (Lipinski definition) is 7. The predicted octanol–water partition coefficient (Wildman–Crippen LogP) is 3.29. The van der Waals surface area contributed by atoms with Crippen molar-refractivity contribution in [2.75, 3.05) is 38.2 Å². The summed E-state index contributed by atoms with van der Waals surface area (Å²) < 4.78 is 34.3. The molecule has 0 aliphatic carbocycles. The average Bonchev–Trinajstić information content (AvgIpc) is 2.85. The van der Waals surface area contributed by atoms with Crippen molar-refractivity contribution in [1.29, 1.82) is 5.26 Å². The summed E-state index contributed by atoms with van der Waals surface area (Å²) in [6.45, 7) is 2.53. The topological polar surface area (TPSA) is 117 Å². The summed E-state index contributed by atoms with van der Waals surface area (Å²) in [5, 5.41) is 16.6. The molecule has 0 unspecified atom stereocenters. The van der Waals surface area contributed by atoms with Crippen LogP contribution in [0.5, 0.6) is 0 Å². The molecule has 12 heteroatoms. The van der Waals surface area contributed by atoms with Gasteiger partial charge in [-0.15, -0.1) is 0 Å². The van der Waals surface area contributed by atoms with Gasteiger partial charge in [0.1, 0.15) is 9.92 Å². The minimum absolute atomic E-state index is 0.00807. The Bertz CT molecular complexity index is 1250. The number of nitriles is 1. The van der Waals surface area contributed by atoms with Crippen molar-refractivity contribution in [2.24, 2.45) is 5.92 Å². The molecule has 0 bridgehead atoms. The van der Waals surface area contributed by atoms with Crippen LogP contribution in [-0.4, -0.2) is 55.4 Å². The van der Waals surface area contributed by atoms with Crippen LogP contribution in [0.15, 0.2) is 34.1 Å². The number of benzene rings is 1. The largest absolute Gasteiger partial charge is 0.382 e. The fraction of sp³-hybridized carbons (Fsp3) is 0.500. The molecule has 4 rings (SSSR count). The highest BCUT2D eigenvalue weighted by Crippen LogP contribution is 2.30. The first-order valence-electron chi connectivity index (χ1n) is 11.1. The highest BCUT2D eigenvalue weighted by atomic mass is 35.5. The van der Waals surface area contributed by atoms with Gasteiger partial charge < -0.3 is 10.1 Å². The average molecular weight is 526 g/mol. The van der Waals surface area contributed by atoms with Gasteiger partial charge in [0.2, 0.25) is 10.0 Å². The Hall–Kier alpha value is -2.16. The molecule has 182 valence electrons. The van der Waals surface area contributed by atoms with Gasteiger partial charge in [0.05, 0.1) is 41.2 Å². The van der Waals surface area contributed by atoms with Gasteiger partial charge >= 0.3 is 0 Å². The van der Waals surface area contributed by atoms with Crippen LogP contribution in [0.4, 0.5) is 5.69 Å². The summed E-state index contributed by atoms with van der Waals surface area (Å²) in [6.07, 6.45) is 4.44. The molecule has 2 aromatic rings. The molecule has 1 aromatic heterocycles. The summed E-state index contributed by atoms with van der Waals surface area (Å²) in [5.41, 5.74) is 0.377. The number of nitrogens with zero attached hydrogens (tertiary/aromatic N) is 4. The molecule has 0 radical (unpaired) electrons. The van der Waals surface area contributed by atoms with Crippen LogP contribution >= 0.6 is 23.2 Å². The highest BCUT2D eigenvalue weighted by Gasteiger charge is 2.32. The van der Waals surface area contributed by atoms with E-state index in [2.05, 4.69) is 10.4 Å². The molecule has 0 amide bonds. The molecule has 34 heavy (non-hydrogen) atoms. The molecular weight excluding hydrogens is 501 g/mol. The molecule has 9 nitrogen and oxygen atoms in total. The second kappa shape index (κ2) is 10.6. The number of hydrogen-bond donors (Lipinski definition) is 1. The number of sulfonamides is 1. The van der Waals surface area contributed by atoms with Gasteiger partial charge in [0.15, 0.2) is 0 Å². The van der Waals surface area contributed by atoms with E-state index in [1.807, 2.05) is 6.07 Å². The Morgan fingerprint density at radius 2 is 2.00 bits per heavy atom. The minimum Gasteiger partial charge on any atom is -0.382 e. The first-order chi connectivity index (χ1) is 16.3. The number of nitrogens with one attached hydrogen (secondary N) is 1. The molecule has 2 fully saturated rings. The number of rotatable bonds is 6. The normalized spacial score (nSPS) is 20.1. The van der Waals surface area contributed by atoms with Gasteiger partial charge in [-0.25, -0.2) is 13.1 Å². The lowest BCUT2D eigenvalue weighted by atomic mass is 10.0. The van der Waals surface area contributed by atoms with E-state index in [-0.39, 0.29) is 39.6 Å². The van der Waals surface area contributed by atoms with Crippen LogP contribution in [0.2, 0.25) is 10.0 Å². The molecule has 0 spiro atoms. The Morgan fingerprint density at radius 3 is 2.65 bits per heavy atom. The number of halogens is 2. The van der Waals surface area contributed by atoms with Gasteiger partial charge in [0.25, 0.3) is 5.56 Å². The Kier molecular flexibility index (Phi) is 7.80. The van der Waals surface area contributed by atoms with Crippen molar-refractivity contribution < 1.29 is 13.2 Å². The highest BCUT2D eigenvalue weighted by molar-refractivity contribution is 7.89. The molecule has 2 aliphatic rings. The van der Waals surface area contributed by atoms with Crippen molar-refractivity contribution in [2.45, 2.75) is 36.6 Å². The van der Waals surface area contributed by atoms with E-state index in [9.17, 15) is 13.2 Å². The number of anilines is 1. The van der Waals surface area contributed by atoms with Gasteiger partial charge in [-0.1, -0.05) is 23.2 Å². The standard InChI is InChI=1S/C22H25Cl2N5O4S/c23-18-10-15(11-25)3-4-20(18)34(31,32)28-7-5-17(6-8-28)29-22(30)21(24)19(13-27-29)26-12-16-2-1-9-33-14-16/h3-4,10,13,16-17,26H,1-2,5-9,12,14H2/t16-/m1/s1. The van der Waals surface area contributed by atoms with Gasteiger partial charge in [-0.2, -0.15) is 14.7 Å². The van der Waals surface area contributed by atoms with E-state index in [0.717, 1.165) is 19.4 Å². The van der Waals surface area contributed by atoms with Crippen LogP contribution in [0.25, 0.3) is 0 Å². The third-order valence-electron chi connectivity index (χ3n) is 6.23. The van der Waals surface area contributed by atoms with Crippen molar-refractivity contribution >= 4 is 38.9 Å². The lowest BCUT2D eigenvalue weighted by Gasteiger charge is -2.31. The van der Waals surface area contributed by atoms with Crippen molar-refractivity contribution in [1.82, 2.24) is 14.1 Å². The summed E-state index contributed by atoms with van der Waals surface area (Å²) in [5.74, 6) is 0.364. The van der Waals surface area contributed by atoms with Gasteiger partial charge in [-0.3, -0.25) is 4.79 Å². The zero-order valence-corrected chi connectivity index (χ0v) is 20.7. The third-order valence-corrected chi connectivity index (χ3v) is 8.97. The molecule has 3 heterocycles. The molecular formula is C22H25Cl2N5O4S. The summed E-state index contributed by atoms with van der Waals surface area (Å²) in [7, 11) is -3.83. The monoisotopic (exact) mass is 525 g/mol. The second-order valence-corrected chi connectivity index (χ2v) is 11.2. The van der Waals surface area contributed by atoms with E-state index < -0.39 is 15.6 Å². The lowest BCUT2D eigenvalue weighted by Crippen LogP contribution is -2.41. The van der Waals surface area contributed by atoms with Gasteiger partial charge in [0, 0.05) is 26.2 Å². The third kappa shape index (κ3) is 5.24. The summed E-state index contributed by atoms with van der Waals surface area (Å²) in [4.78, 5) is 12.8. The van der Waals surface area contributed by atoms with Crippen LogP contribution in [-0.2, 0) is 14.8 Å². The maximum atomic E-state index is 13.1.